The molecule has 2 N–H and O–H groups in total. The fourth-order valence-electron chi connectivity index (χ4n) is 4.42. The first kappa shape index (κ1) is 26.0. The minimum Gasteiger partial charge on any atom is -0.481 e. The topological polar surface area (TPSA) is 119 Å². The highest BCUT2D eigenvalue weighted by molar-refractivity contribution is 5.99. The van der Waals surface area contributed by atoms with Gasteiger partial charge in [-0.3, -0.25) is 19.3 Å². The van der Waals surface area contributed by atoms with Gasteiger partial charge in [0.15, 0.2) is 6.17 Å². The second-order valence-corrected chi connectivity index (χ2v) is 8.67. The molecule has 0 aromatic heterocycles. The lowest BCUT2D eigenvalue weighted by Gasteiger charge is -2.35. The first-order valence-electron chi connectivity index (χ1n) is 11.7. The highest BCUT2D eigenvalue weighted by atomic mass is 19.1. The number of carboxylic acid groups (broad SMARTS) is 1. The van der Waals surface area contributed by atoms with Crippen molar-refractivity contribution in [2.75, 3.05) is 39.4 Å². The van der Waals surface area contributed by atoms with Crippen molar-refractivity contribution in [2.24, 2.45) is 0 Å². The zero-order valence-electron chi connectivity index (χ0n) is 19.8. The number of carbonyl (C=O) groups is 4. The SMILES string of the molecule is O=C(O)CC(NC(=O)C1N(C(=O)c2cccc(F)c2)CCN1C(=O)N1CCOCC1)c1ccc(F)cc1. The predicted octanol–water partition coefficient (Wildman–Crippen LogP) is 1.83. The van der Waals surface area contributed by atoms with Crippen LogP contribution in [0, 0.1) is 11.6 Å². The van der Waals surface area contributed by atoms with E-state index >= 15 is 0 Å². The summed E-state index contributed by atoms with van der Waals surface area (Å²) in [6.07, 6.45) is -1.93. The van der Waals surface area contributed by atoms with E-state index in [0.717, 1.165) is 23.1 Å². The Kier molecular flexibility index (Phi) is 7.97. The normalized spacial score (nSPS) is 18.4. The van der Waals surface area contributed by atoms with Gasteiger partial charge in [0.05, 0.1) is 25.7 Å². The molecule has 0 radical (unpaired) electrons. The van der Waals surface area contributed by atoms with Crippen LogP contribution in [0.2, 0.25) is 0 Å². The minimum atomic E-state index is -1.41. The molecule has 0 saturated carbocycles. The fourth-order valence-corrected chi connectivity index (χ4v) is 4.42. The third kappa shape index (κ3) is 6.02. The Morgan fingerprint density at radius 2 is 1.62 bits per heavy atom. The molecule has 2 saturated heterocycles. The first-order chi connectivity index (χ1) is 17.7. The number of nitrogens with one attached hydrogen (secondary N) is 1. The molecule has 196 valence electrons. The van der Waals surface area contributed by atoms with Gasteiger partial charge in [0.2, 0.25) is 0 Å². The molecule has 2 unspecified atom stereocenters. The van der Waals surface area contributed by atoms with Crippen LogP contribution < -0.4 is 5.32 Å². The smallest absolute Gasteiger partial charge is 0.322 e. The number of nitrogens with zero attached hydrogens (tertiary/aromatic N) is 3. The molecule has 2 fully saturated rings. The second kappa shape index (κ2) is 11.3. The number of carboxylic acids is 1. The molecule has 0 spiro atoms. The molecule has 0 bridgehead atoms. The maximum Gasteiger partial charge on any atom is 0.322 e. The van der Waals surface area contributed by atoms with Gasteiger partial charge in [-0.2, -0.15) is 0 Å². The summed E-state index contributed by atoms with van der Waals surface area (Å²) in [5.41, 5.74) is 0.336. The van der Waals surface area contributed by atoms with Gasteiger partial charge in [-0.1, -0.05) is 18.2 Å². The van der Waals surface area contributed by atoms with Gasteiger partial charge < -0.3 is 25.0 Å². The number of halogens is 2. The van der Waals surface area contributed by atoms with E-state index < -0.39 is 54.1 Å². The summed E-state index contributed by atoms with van der Waals surface area (Å²) in [7, 11) is 0. The molecule has 2 aliphatic heterocycles. The van der Waals surface area contributed by atoms with Crippen molar-refractivity contribution in [2.45, 2.75) is 18.6 Å². The number of carbonyl (C=O) groups excluding carboxylic acids is 3. The number of ether oxygens (including phenoxy) is 1. The summed E-state index contributed by atoms with van der Waals surface area (Å²) in [4.78, 5) is 55.6. The van der Waals surface area contributed by atoms with Crippen LogP contribution in [-0.4, -0.2) is 89.2 Å². The van der Waals surface area contributed by atoms with Gasteiger partial charge in [0, 0.05) is 31.7 Å². The molecule has 37 heavy (non-hydrogen) atoms. The lowest BCUT2D eigenvalue weighted by atomic mass is 10.0. The Morgan fingerprint density at radius 3 is 2.27 bits per heavy atom. The third-order valence-corrected chi connectivity index (χ3v) is 6.23. The van der Waals surface area contributed by atoms with Crippen LogP contribution in [0.3, 0.4) is 0 Å². The van der Waals surface area contributed by atoms with Gasteiger partial charge in [0.1, 0.15) is 11.6 Å². The van der Waals surface area contributed by atoms with Gasteiger partial charge in [-0.25, -0.2) is 13.6 Å². The van der Waals surface area contributed by atoms with Crippen molar-refractivity contribution in [3.63, 3.8) is 0 Å². The highest BCUT2D eigenvalue weighted by Gasteiger charge is 2.45. The second-order valence-electron chi connectivity index (χ2n) is 8.67. The molecule has 4 rings (SSSR count). The van der Waals surface area contributed by atoms with Crippen LogP contribution in [0.15, 0.2) is 48.5 Å². The molecular formula is C25H26F2N4O6. The molecule has 10 nitrogen and oxygen atoms in total. The van der Waals surface area contributed by atoms with Crippen LogP contribution >= 0.6 is 0 Å². The molecule has 2 aliphatic rings. The summed E-state index contributed by atoms with van der Waals surface area (Å²) >= 11 is 0. The van der Waals surface area contributed by atoms with Gasteiger partial charge in [-0.15, -0.1) is 0 Å². The quantitative estimate of drug-likeness (QED) is 0.605. The largest absolute Gasteiger partial charge is 0.481 e. The Labute approximate surface area is 211 Å². The summed E-state index contributed by atoms with van der Waals surface area (Å²) in [5.74, 6) is -3.83. The van der Waals surface area contributed by atoms with E-state index in [1.807, 2.05) is 0 Å². The van der Waals surface area contributed by atoms with Crippen molar-refractivity contribution in [3.05, 3.63) is 71.3 Å². The highest BCUT2D eigenvalue weighted by Crippen LogP contribution is 2.24. The van der Waals surface area contributed by atoms with Gasteiger partial charge in [0.25, 0.3) is 11.8 Å². The van der Waals surface area contributed by atoms with Gasteiger partial charge in [-0.05, 0) is 35.9 Å². The van der Waals surface area contributed by atoms with Crippen molar-refractivity contribution in [1.82, 2.24) is 20.0 Å². The average Bonchev–Trinajstić information content (AvgIpc) is 3.33. The number of urea groups is 1. The fraction of sp³-hybridized carbons (Fsp3) is 0.360. The molecule has 0 aliphatic carbocycles. The van der Waals surface area contributed by atoms with E-state index in [-0.39, 0.29) is 18.7 Å². The Balaban J connectivity index is 1.64. The van der Waals surface area contributed by atoms with E-state index in [1.54, 1.807) is 0 Å². The number of benzene rings is 2. The zero-order valence-corrected chi connectivity index (χ0v) is 19.8. The van der Waals surface area contributed by atoms with E-state index in [1.165, 1.54) is 40.1 Å². The molecular weight excluding hydrogens is 490 g/mol. The molecule has 12 heteroatoms. The number of hydrogen-bond acceptors (Lipinski definition) is 5. The van der Waals surface area contributed by atoms with Crippen LogP contribution in [0.4, 0.5) is 13.6 Å². The molecule has 2 aromatic carbocycles. The van der Waals surface area contributed by atoms with E-state index in [4.69, 9.17) is 4.74 Å². The van der Waals surface area contributed by atoms with Crippen LogP contribution in [0.25, 0.3) is 0 Å². The Hall–Kier alpha value is -4.06. The van der Waals surface area contributed by atoms with Crippen molar-refractivity contribution < 1.29 is 37.8 Å². The number of aliphatic carboxylic acids is 1. The van der Waals surface area contributed by atoms with Crippen molar-refractivity contribution in [3.8, 4) is 0 Å². The van der Waals surface area contributed by atoms with E-state index in [2.05, 4.69) is 5.32 Å². The summed E-state index contributed by atoms with van der Waals surface area (Å²) in [6.45, 7) is 1.30. The summed E-state index contributed by atoms with van der Waals surface area (Å²) in [5, 5.41) is 12.0. The standard InChI is InChI=1S/C25H26F2N4O6/c26-18-6-4-16(5-7-18)20(15-21(32)33)28-22(34)23-30(24(35)17-2-1-3-19(27)14-17)8-9-31(23)25(36)29-10-12-37-13-11-29/h1-7,14,20,23H,8-13,15H2,(H,28,34)(H,32,33). The summed E-state index contributed by atoms with van der Waals surface area (Å²) < 4.78 is 32.5. The lowest BCUT2D eigenvalue weighted by Crippen LogP contribution is -2.57. The molecule has 4 amide bonds. The lowest BCUT2D eigenvalue weighted by molar-refractivity contribution is -0.138. The van der Waals surface area contributed by atoms with Crippen LogP contribution in [-0.2, 0) is 14.3 Å². The average molecular weight is 517 g/mol. The van der Waals surface area contributed by atoms with Gasteiger partial charge >= 0.3 is 12.0 Å². The minimum absolute atomic E-state index is 0.000841. The number of amides is 4. The third-order valence-electron chi connectivity index (χ3n) is 6.23. The van der Waals surface area contributed by atoms with Crippen LogP contribution in [0.1, 0.15) is 28.4 Å². The van der Waals surface area contributed by atoms with Crippen molar-refractivity contribution >= 4 is 23.8 Å². The predicted molar refractivity (Wildman–Crippen MR) is 125 cm³/mol. The number of rotatable bonds is 6. The number of hydrogen-bond donors (Lipinski definition) is 2. The van der Waals surface area contributed by atoms with E-state index in [9.17, 15) is 33.1 Å². The summed E-state index contributed by atoms with van der Waals surface area (Å²) in [6, 6.07) is 8.43. The molecule has 2 atom stereocenters. The molecule has 2 heterocycles. The molecule has 2 aromatic rings. The zero-order chi connectivity index (χ0) is 26.5. The van der Waals surface area contributed by atoms with Crippen LogP contribution in [0.5, 0.6) is 0 Å². The van der Waals surface area contributed by atoms with E-state index in [0.29, 0.717) is 31.9 Å². The monoisotopic (exact) mass is 516 g/mol. The Bertz CT molecular complexity index is 1170. The maximum atomic E-state index is 13.8. The Morgan fingerprint density at radius 1 is 0.946 bits per heavy atom. The maximum absolute atomic E-state index is 13.8. The number of morpholine rings is 1. The van der Waals surface area contributed by atoms with Crippen molar-refractivity contribution in [1.29, 1.82) is 0 Å². The first-order valence-corrected chi connectivity index (χ1v) is 11.7.